The van der Waals surface area contributed by atoms with Crippen molar-refractivity contribution in [1.29, 1.82) is 0 Å². The minimum atomic E-state index is -0.376. The van der Waals surface area contributed by atoms with Crippen LogP contribution in [0.15, 0.2) is 59.0 Å². The molecule has 0 saturated heterocycles. The van der Waals surface area contributed by atoms with Crippen LogP contribution in [-0.4, -0.2) is 22.8 Å². The summed E-state index contributed by atoms with van der Waals surface area (Å²) in [7, 11) is 0. The molecular weight excluding hydrogens is 304 g/mol. The van der Waals surface area contributed by atoms with E-state index in [2.05, 4.69) is 10.2 Å². The van der Waals surface area contributed by atoms with Crippen LogP contribution in [0.1, 0.15) is 30.1 Å². The topological polar surface area (TPSA) is 65.2 Å². The number of carbonyl (C=O) groups excluding carboxylic acids is 1. The molecule has 0 saturated carbocycles. The minimum Gasteiger partial charge on any atom is -0.462 e. The van der Waals surface area contributed by atoms with E-state index in [-0.39, 0.29) is 5.97 Å². The number of hydrogen-bond acceptors (Lipinski definition) is 5. The Morgan fingerprint density at radius 3 is 2.50 bits per heavy atom. The summed E-state index contributed by atoms with van der Waals surface area (Å²) < 4.78 is 11.0. The van der Waals surface area contributed by atoms with Crippen molar-refractivity contribution in [3.05, 3.63) is 60.2 Å². The van der Waals surface area contributed by atoms with Gasteiger partial charge in [-0.25, -0.2) is 4.79 Å². The second-order valence-electron chi connectivity index (χ2n) is 5.31. The lowest BCUT2D eigenvalue weighted by Gasteiger charge is -2.06. The standard InChI is InChI=1S/C19H18N2O3/c1-2-3-13-23-19(22)16-12-8-7-11-15(16)18-21-20-17(24-18)14-9-5-4-6-10-14/h4-12H,2-3,13H2,1H3. The van der Waals surface area contributed by atoms with E-state index in [1.54, 1.807) is 18.2 Å². The Morgan fingerprint density at radius 2 is 1.71 bits per heavy atom. The van der Waals surface area contributed by atoms with E-state index in [1.165, 1.54) is 0 Å². The third-order valence-corrected chi connectivity index (χ3v) is 3.55. The van der Waals surface area contributed by atoms with Gasteiger partial charge in [-0.15, -0.1) is 10.2 Å². The van der Waals surface area contributed by atoms with Gasteiger partial charge in [0, 0.05) is 5.56 Å². The van der Waals surface area contributed by atoms with Crippen molar-refractivity contribution in [2.45, 2.75) is 19.8 Å². The predicted molar refractivity (Wildman–Crippen MR) is 90.4 cm³/mol. The van der Waals surface area contributed by atoms with E-state index in [1.807, 2.05) is 43.3 Å². The van der Waals surface area contributed by atoms with Crippen molar-refractivity contribution in [3.63, 3.8) is 0 Å². The van der Waals surface area contributed by atoms with Crippen LogP contribution in [0, 0.1) is 0 Å². The molecule has 0 unspecified atom stereocenters. The lowest BCUT2D eigenvalue weighted by Crippen LogP contribution is -2.07. The number of hydrogen-bond donors (Lipinski definition) is 0. The highest BCUT2D eigenvalue weighted by atomic mass is 16.5. The van der Waals surface area contributed by atoms with E-state index in [4.69, 9.17) is 9.15 Å². The molecule has 0 atom stereocenters. The number of carbonyl (C=O) groups is 1. The first kappa shape index (κ1) is 15.9. The highest BCUT2D eigenvalue weighted by Crippen LogP contribution is 2.26. The van der Waals surface area contributed by atoms with Crippen LogP contribution in [0.5, 0.6) is 0 Å². The van der Waals surface area contributed by atoms with Gasteiger partial charge in [-0.1, -0.05) is 43.7 Å². The lowest BCUT2D eigenvalue weighted by molar-refractivity contribution is 0.0500. The summed E-state index contributed by atoms with van der Waals surface area (Å²) in [5.74, 6) is 0.343. The summed E-state index contributed by atoms with van der Waals surface area (Å²) in [6.45, 7) is 2.45. The molecule has 1 heterocycles. The molecule has 3 rings (SSSR count). The van der Waals surface area contributed by atoms with Gasteiger partial charge in [-0.05, 0) is 30.7 Å². The molecule has 0 fully saturated rings. The molecule has 2 aromatic carbocycles. The third-order valence-electron chi connectivity index (χ3n) is 3.55. The molecule has 3 aromatic rings. The zero-order chi connectivity index (χ0) is 16.8. The monoisotopic (exact) mass is 322 g/mol. The van der Waals surface area contributed by atoms with Crippen LogP contribution in [-0.2, 0) is 4.74 Å². The first-order valence-corrected chi connectivity index (χ1v) is 7.95. The van der Waals surface area contributed by atoms with E-state index < -0.39 is 0 Å². The van der Waals surface area contributed by atoms with Crippen LogP contribution in [0.3, 0.4) is 0 Å². The second kappa shape index (κ2) is 7.55. The van der Waals surface area contributed by atoms with Crippen LogP contribution >= 0.6 is 0 Å². The summed E-state index contributed by atoms with van der Waals surface area (Å²) >= 11 is 0. The summed E-state index contributed by atoms with van der Waals surface area (Å²) in [4.78, 5) is 12.3. The molecule has 0 bridgehead atoms. The number of nitrogens with zero attached hydrogens (tertiary/aromatic N) is 2. The molecule has 0 N–H and O–H groups in total. The average molecular weight is 322 g/mol. The number of aromatic nitrogens is 2. The molecule has 0 aliphatic carbocycles. The Labute approximate surface area is 140 Å². The van der Waals surface area contributed by atoms with Crippen molar-refractivity contribution >= 4 is 5.97 Å². The van der Waals surface area contributed by atoms with Gasteiger partial charge in [0.05, 0.1) is 17.7 Å². The first-order chi connectivity index (χ1) is 11.8. The van der Waals surface area contributed by atoms with Crippen molar-refractivity contribution in [2.24, 2.45) is 0 Å². The maximum atomic E-state index is 12.3. The average Bonchev–Trinajstić information content (AvgIpc) is 3.12. The van der Waals surface area contributed by atoms with Crippen molar-refractivity contribution < 1.29 is 13.9 Å². The van der Waals surface area contributed by atoms with Crippen molar-refractivity contribution in [2.75, 3.05) is 6.61 Å². The fourth-order valence-electron chi connectivity index (χ4n) is 2.26. The molecule has 1 aromatic heterocycles. The largest absolute Gasteiger partial charge is 0.462 e. The van der Waals surface area contributed by atoms with Gasteiger partial charge in [0.15, 0.2) is 0 Å². The highest BCUT2D eigenvalue weighted by molar-refractivity contribution is 5.96. The summed E-state index contributed by atoms with van der Waals surface area (Å²) in [5.41, 5.74) is 1.84. The number of rotatable bonds is 6. The molecule has 5 nitrogen and oxygen atoms in total. The quantitative estimate of drug-likeness (QED) is 0.498. The van der Waals surface area contributed by atoms with Crippen molar-refractivity contribution in [1.82, 2.24) is 10.2 Å². The Balaban J connectivity index is 1.88. The van der Waals surface area contributed by atoms with Gasteiger partial charge < -0.3 is 9.15 Å². The SMILES string of the molecule is CCCCOC(=O)c1ccccc1-c1nnc(-c2ccccc2)o1. The van der Waals surface area contributed by atoms with E-state index in [0.717, 1.165) is 18.4 Å². The first-order valence-electron chi connectivity index (χ1n) is 7.95. The van der Waals surface area contributed by atoms with Crippen LogP contribution in [0.4, 0.5) is 0 Å². The van der Waals surface area contributed by atoms with Gasteiger partial charge in [0.25, 0.3) is 0 Å². The number of benzene rings is 2. The van der Waals surface area contributed by atoms with Gasteiger partial charge in [0.1, 0.15) is 0 Å². The number of esters is 1. The Morgan fingerprint density at radius 1 is 1.00 bits per heavy atom. The fourth-order valence-corrected chi connectivity index (χ4v) is 2.26. The van der Waals surface area contributed by atoms with E-state index >= 15 is 0 Å². The predicted octanol–water partition coefficient (Wildman–Crippen LogP) is 4.36. The zero-order valence-electron chi connectivity index (χ0n) is 13.4. The van der Waals surface area contributed by atoms with Crippen LogP contribution in [0.2, 0.25) is 0 Å². The molecule has 0 amide bonds. The molecule has 0 radical (unpaired) electrons. The lowest BCUT2D eigenvalue weighted by atomic mass is 10.1. The normalized spacial score (nSPS) is 10.5. The van der Waals surface area contributed by atoms with Gasteiger partial charge in [-0.3, -0.25) is 0 Å². The van der Waals surface area contributed by atoms with Gasteiger partial charge >= 0.3 is 5.97 Å². The zero-order valence-corrected chi connectivity index (χ0v) is 13.4. The molecule has 0 spiro atoms. The maximum Gasteiger partial charge on any atom is 0.338 e. The number of unbranched alkanes of at least 4 members (excludes halogenated alkanes) is 1. The minimum absolute atomic E-state index is 0.303. The Kier molecular flexibility index (Phi) is 5.01. The summed E-state index contributed by atoms with van der Waals surface area (Å²) in [6.07, 6.45) is 1.81. The smallest absolute Gasteiger partial charge is 0.338 e. The molecule has 122 valence electrons. The van der Waals surface area contributed by atoms with E-state index in [9.17, 15) is 4.79 Å². The molecular formula is C19H18N2O3. The summed E-state index contributed by atoms with van der Waals surface area (Å²) in [5, 5.41) is 8.15. The molecule has 24 heavy (non-hydrogen) atoms. The highest BCUT2D eigenvalue weighted by Gasteiger charge is 2.18. The summed E-state index contributed by atoms with van der Waals surface area (Å²) in [6, 6.07) is 16.6. The van der Waals surface area contributed by atoms with Crippen LogP contribution < -0.4 is 0 Å². The molecule has 5 heteroatoms. The van der Waals surface area contributed by atoms with Crippen molar-refractivity contribution in [3.8, 4) is 22.9 Å². The fraction of sp³-hybridized carbons (Fsp3) is 0.211. The Bertz CT molecular complexity index is 812. The number of ether oxygens (including phenoxy) is 1. The van der Waals surface area contributed by atoms with Gasteiger partial charge in [-0.2, -0.15) is 0 Å². The van der Waals surface area contributed by atoms with E-state index in [0.29, 0.717) is 29.5 Å². The van der Waals surface area contributed by atoms with Crippen LogP contribution in [0.25, 0.3) is 22.9 Å². The third kappa shape index (κ3) is 3.51. The Hall–Kier alpha value is -2.95. The molecule has 0 aliphatic rings. The molecule has 0 aliphatic heterocycles. The van der Waals surface area contributed by atoms with Gasteiger partial charge in [0.2, 0.25) is 11.8 Å². The second-order valence-corrected chi connectivity index (χ2v) is 5.31. The maximum absolute atomic E-state index is 12.3.